The van der Waals surface area contributed by atoms with Crippen LogP contribution in [0.2, 0.25) is 5.02 Å². The maximum absolute atomic E-state index is 13.0. The fourth-order valence-electron chi connectivity index (χ4n) is 4.08. The molecule has 7 heteroatoms. The number of carbonyl (C=O) groups is 1. The molecule has 180 valence electrons. The Kier molecular flexibility index (Phi) is 8.39. The van der Waals surface area contributed by atoms with Gasteiger partial charge in [-0.05, 0) is 61.6 Å². The summed E-state index contributed by atoms with van der Waals surface area (Å²) in [5.41, 5.74) is 5.53. The van der Waals surface area contributed by atoms with Crippen LogP contribution in [0.25, 0.3) is 0 Å². The summed E-state index contributed by atoms with van der Waals surface area (Å²) in [7, 11) is -3.53. The Hall–Kier alpha value is -2.83. The molecule has 0 spiro atoms. The third-order valence-corrected chi connectivity index (χ3v) is 7.44. The number of nitrogens with zero attached hydrogens (tertiary/aromatic N) is 1. The van der Waals surface area contributed by atoms with Crippen LogP contribution in [0.4, 0.5) is 5.69 Å². The van der Waals surface area contributed by atoms with Gasteiger partial charge < -0.3 is 5.32 Å². The van der Waals surface area contributed by atoms with Gasteiger partial charge in [0.05, 0.1) is 18.0 Å². The molecule has 1 atom stereocenters. The molecule has 0 aromatic heterocycles. The highest BCUT2D eigenvalue weighted by Gasteiger charge is 2.22. The summed E-state index contributed by atoms with van der Waals surface area (Å²) in [5, 5.41) is 3.66. The van der Waals surface area contributed by atoms with Crippen LogP contribution < -0.4 is 9.62 Å². The summed E-state index contributed by atoms with van der Waals surface area (Å²) in [6, 6.07) is 21.0. The van der Waals surface area contributed by atoms with Gasteiger partial charge in [0.25, 0.3) is 0 Å². The zero-order valence-electron chi connectivity index (χ0n) is 20.0. The van der Waals surface area contributed by atoms with Gasteiger partial charge in [0.15, 0.2) is 0 Å². The van der Waals surface area contributed by atoms with E-state index in [1.807, 2.05) is 50.2 Å². The Morgan fingerprint density at radius 3 is 2.35 bits per heavy atom. The molecular weight excluding hydrogens is 468 g/mol. The highest BCUT2D eigenvalue weighted by atomic mass is 35.5. The second kappa shape index (κ2) is 11.1. The number of rotatable bonds is 9. The van der Waals surface area contributed by atoms with Gasteiger partial charge in [0.2, 0.25) is 15.9 Å². The Labute approximate surface area is 207 Å². The van der Waals surface area contributed by atoms with Crippen LogP contribution in [0.15, 0.2) is 66.7 Å². The van der Waals surface area contributed by atoms with Crippen LogP contribution in [0, 0.1) is 20.8 Å². The quantitative estimate of drug-likeness (QED) is 0.410. The minimum absolute atomic E-state index is 0.134. The number of hydrogen-bond acceptors (Lipinski definition) is 3. The summed E-state index contributed by atoms with van der Waals surface area (Å²) in [6.45, 7) is 6.06. The molecule has 34 heavy (non-hydrogen) atoms. The van der Waals surface area contributed by atoms with Crippen molar-refractivity contribution in [2.75, 3.05) is 17.1 Å². The molecule has 0 fully saturated rings. The fraction of sp³-hybridized carbons (Fsp3) is 0.296. The van der Waals surface area contributed by atoms with E-state index in [4.69, 9.17) is 11.6 Å². The second-order valence-corrected chi connectivity index (χ2v) is 10.9. The number of hydrogen-bond donors (Lipinski definition) is 1. The van der Waals surface area contributed by atoms with E-state index in [-0.39, 0.29) is 24.9 Å². The number of carbonyl (C=O) groups excluding carboxylic acids is 1. The third-order valence-electron chi connectivity index (χ3n) is 5.85. The van der Waals surface area contributed by atoms with Gasteiger partial charge in [-0.2, -0.15) is 0 Å². The second-order valence-electron chi connectivity index (χ2n) is 8.59. The van der Waals surface area contributed by atoms with Gasteiger partial charge in [-0.1, -0.05) is 71.8 Å². The highest BCUT2D eigenvalue weighted by Crippen LogP contribution is 2.29. The highest BCUT2D eigenvalue weighted by molar-refractivity contribution is 7.92. The van der Waals surface area contributed by atoms with Crippen molar-refractivity contribution < 1.29 is 13.2 Å². The topological polar surface area (TPSA) is 66.5 Å². The lowest BCUT2D eigenvalue weighted by molar-refractivity contribution is -0.121. The lowest BCUT2D eigenvalue weighted by Crippen LogP contribution is -2.33. The molecule has 0 aliphatic rings. The van der Waals surface area contributed by atoms with E-state index in [9.17, 15) is 13.2 Å². The van der Waals surface area contributed by atoms with Gasteiger partial charge in [0.1, 0.15) is 0 Å². The van der Waals surface area contributed by atoms with E-state index in [0.29, 0.717) is 22.7 Å². The van der Waals surface area contributed by atoms with Crippen molar-refractivity contribution in [1.29, 1.82) is 0 Å². The Morgan fingerprint density at radius 2 is 1.71 bits per heavy atom. The summed E-state index contributed by atoms with van der Waals surface area (Å²) in [6.07, 6.45) is 1.73. The zero-order valence-corrected chi connectivity index (χ0v) is 21.6. The number of sulfonamides is 1. The van der Waals surface area contributed by atoms with E-state index < -0.39 is 10.0 Å². The van der Waals surface area contributed by atoms with Crippen molar-refractivity contribution in [1.82, 2.24) is 5.32 Å². The molecular formula is C27H31ClN2O3S. The number of halogens is 1. The molecule has 1 unspecified atom stereocenters. The molecule has 0 saturated carbocycles. The van der Waals surface area contributed by atoms with E-state index in [2.05, 4.69) is 17.4 Å². The molecule has 5 nitrogen and oxygen atoms in total. The molecule has 1 N–H and O–H groups in total. The maximum atomic E-state index is 13.0. The standard InChI is InChI=1S/C27H31ClN2O3S/c1-19-15-16-23(20(2)18-19)27(22-10-6-5-7-11-22)29-26(31)14-9-17-30(34(4,32)33)25-13-8-12-24(28)21(25)3/h5-8,10-13,15-16,18,27H,9,14,17H2,1-4H3,(H,29,31). The smallest absolute Gasteiger partial charge is 0.232 e. The van der Waals surface area contributed by atoms with E-state index in [1.54, 1.807) is 25.1 Å². The van der Waals surface area contributed by atoms with Crippen LogP contribution in [0.3, 0.4) is 0 Å². The Bertz CT molecular complexity index is 1260. The van der Waals surface area contributed by atoms with Crippen LogP contribution in [-0.2, 0) is 14.8 Å². The van der Waals surface area contributed by atoms with E-state index >= 15 is 0 Å². The molecule has 0 saturated heterocycles. The normalized spacial score (nSPS) is 12.3. The number of benzene rings is 3. The zero-order chi connectivity index (χ0) is 24.9. The van der Waals surface area contributed by atoms with E-state index in [0.717, 1.165) is 22.3 Å². The first-order valence-electron chi connectivity index (χ1n) is 11.2. The van der Waals surface area contributed by atoms with Crippen LogP contribution >= 0.6 is 11.6 Å². The van der Waals surface area contributed by atoms with Gasteiger partial charge in [-0.15, -0.1) is 0 Å². The molecule has 3 rings (SSSR count). The number of anilines is 1. The first-order chi connectivity index (χ1) is 16.1. The predicted molar refractivity (Wildman–Crippen MR) is 140 cm³/mol. The fourth-order valence-corrected chi connectivity index (χ4v) is 5.27. The molecule has 0 aliphatic carbocycles. The first-order valence-corrected chi connectivity index (χ1v) is 13.4. The summed E-state index contributed by atoms with van der Waals surface area (Å²) in [4.78, 5) is 13.0. The van der Waals surface area contributed by atoms with Gasteiger partial charge in [0, 0.05) is 18.0 Å². The summed E-state index contributed by atoms with van der Waals surface area (Å²) in [5.74, 6) is -0.134. The largest absolute Gasteiger partial charge is 0.345 e. The van der Waals surface area contributed by atoms with Crippen molar-refractivity contribution in [3.8, 4) is 0 Å². The summed E-state index contributed by atoms with van der Waals surface area (Å²) >= 11 is 6.20. The SMILES string of the molecule is Cc1ccc(C(NC(=O)CCCN(c2cccc(Cl)c2C)S(C)(=O)=O)c2ccccc2)c(C)c1. The van der Waals surface area contributed by atoms with E-state index in [1.165, 1.54) is 10.6 Å². The predicted octanol–water partition coefficient (Wildman–Crippen LogP) is 5.72. The van der Waals surface area contributed by atoms with Gasteiger partial charge in [-0.3, -0.25) is 9.10 Å². The molecule has 1 amide bonds. The molecule has 0 radical (unpaired) electrons. The van der Waals surface area contributed by atoms with Crippen LogP contribution in [-0.4, -0.2) is 27.1 Å². The Balaban J connectivity index is 1.75. The Morgan fingerprint density at radius 1 is 1.00 bits per heavy atom. The average Bonchev–Trinajstić information content (AvgIpc) is 2.78. The van der Waals surface area contributed by atoms with Gasteiger partial charge in [-0.25, -0.2) is 8.42 Å². The minimum atomic E-state index is -3.53. The van der Waals surface area contributed by atoms with Crippen molar-refractivity contribution in [3.05, 3.63) is 99.6 Å². The minimum Gasteiger partial charge on any atom is -0.345 e. The average molecular weight is 499 g/mol. The lowest BCUT2D eigenvalue weighted by Gasteiger charge is -2.25. The number of amides is 1. The lowest BCUT2D eigenvalue weighted by atomic mass is 9.93. The monoisotopic (exact) mass is 498 g/mol. The number of aryl methyl sites for hydroxylation is 2. The van der Waals surface area contributed by atoms with Gasteiger partial charge >= 0.3 is 0 Å². The van der Waals surface area contributed by atoms with Crippen molar-refractivity contribution in [2.45, 2.75) is 39.7 Å². The number of nitrogens with one attached hydrogen (secondary N) is 1. The molecule has 0 aliphatic heterocycles. The summed E-state index contributed by atoms with van der Waals surface area (Å²) < 4.78 is 26.3. The van der Waals surface area contributed by atoms with Crippen LogP contribution in [0.5, 0.6) is 0 Å². The molecule has 0 bridgehead atoms. The molecule has 0 heterocycles. The molecule has 3 aromatic rings. The molecule has 3 aromatic carbocycles. The third kappa shape index (κ3) is 6.39. The van der Waals surface area contributed by atoms with Crippen molar-refractivity contribution in [3.63, 3.8) is 0 Å². The van der Waals surface area contributed by atoms with Crippen molar-refractivity contribution >= 4 is 33.2 Å². The maximum Gasteiger partial charge on any atom is 0.232 e. The van der Waals surface area contributed by atoms with Crippen molar-refractivity contribution in [2.24, 2.45) is 0 Å². The first kappa shape index (κ1) is 25.8. The van der Waals surface area contributed by atoms with Crippen LogP contribution in [0.1, 0.15) is 46.7 Å².